The molecule has 10 aromatic rings. The standard InChI is InChI=1S/C50H36N4/c51-50(35-16-6-2-7-17-35)41-21-10-12-22-45(41)52-33-53-46-27-24-36(34-14-4-1-5-15-34)30-43(46)44-32-37(25-28-47(44)53)38-26-29-49-42(31-38)40-20-11-13-23-48(40)54(49)39-18-8-3-9-19-39/h1-33,50H,51H2/b52-33+. The lowest BCUT2D eigenvalue weighted by molar-refractivity contribution is 0.871. The summed E-state index contributed by atoms with van der Waals surface area (Å²) >= 11 is 0. The summed E-state index contributed by atoms with van der Waals surface area (Å²) in [7, 11) is 0. The molecule has 2 N–H and O–H groups in total. The summed E-state index contributed by atoms with van der Waals surface area (Å²) in [5.74, 6) is 0. The van der Waals surface area contributed by atoms with Crippen molar-refractivity contribution in [3.63, 3.8) is 0 Å². The number of nitrogens with two attached hydrogens (primary N) is 1. The van der Waals surface area contributed by atoms with Crippen molar-refractivity contribution in [2.45, 2.75) is 6.04 Å². The van der Waals surface area contributed by atoms with Crippen molar-refractivity contribution in [3.05, 3.63) is 205 Å². The average molecular weight is 693 g/mol. The van der Waals surface area contributed by atoms with E-state index >= 15 is 0 Å². The molecule has 0 saturated carbocycles. The van der Waals surface area contributed by atoms with Crippen molar-refractivity contribution in [3.8, 4) is 27.9 Å². The lowest BCUT2D eigenvalue weighted by Crippen LogP contribution is -2.11. The quantitative estimate of drug-likeness (QED) is 0.131. The van der Waals surface area contributed by atoms with Gasteiger partial charge in [0.05, 0.1) is 33.8 Å². The van der Waals surface area contributed by atoms with E-state index in [-0.39, 0.29) is 6.04 Å². The molecule has 256 valence electrons. The van der Waals surface area contributed by atoms with E-state index in [4.69, 9.17) is 10.7 Å². The molecule has 1 unspecified atom stereocenters. The Balaban J connectivity index is 1.13. The maximum atomic E-state index is 6.81. The number of fused-ring (bicyclic) bond motifs is 6. The number of aromatic nitrogens is 2. The van der Waals surface area contributed by atoms with Crippen LogP contribution in [-0.2, 0) is 0 Å². The molecule has 10 rings (SSSR count). The topological polar surface area (TPSA) is 48.2 Å². The molecule has 0 bridgehead atoms. The molecule has 0 fully saturated rings. The highest BCUT2D eigenvalue weighted by Crippen LogP contribution is 2.38. The van der Waals surface area contributed by atoms with Gasteiger partial charge in [-0.05, 0) is 94.0 Å². The highest BCUT2D eigenvalue weighted by Gasteiger charge is 2.17. The Hall–Kier alpha value is -7.01. The van der Waals surface area contributed by atoms with E-state index < -0.39 is 0 Å². The first-order chi connectivity index (χ1) is 26.7. The van der Waals surface area contributed by atoms with E-state index in [0.717, 1.165) is 33.5 Å². The molecule has 1 atom stereocenters. The van der Waals surface area contributed by atoms with E-state index in [1.165, 1.54) is 54.8 Å². The summed E-state index contributed by atoms with van der Waals surface area (Å²) in [6.45, 7) is 0. The second-order valence-corrected chi connectivity index (χ2v) is 13.8. The van der Waals surface area contributed by atoms with Gasteiger partial charge in [-0.3, -0.25) is 4.57 Å². The number of nitrogens with zero attached hydrogens (tertiary/aromatic N) is 3. The van der Waals surface area contributed by atoms with Crippen LogP contribution in [0.1, 0.15) is 17.2 Å². The molecule has 0 spiro atoms. The average Bonchev–Trinajstić information content (AvgIpc) is 3.75. The van der Waals surface area contributed by atoms with Gasteiger partial charge in [0.2, 0.25) is 0 Å². The Morgan fingerprint density at radius 1 is 0.426 bits per heavy atom. The Morgan fingerprint density at radius 2 is 0.926 bits per heavy atom. The van der Waals surface area contributed by atoms with Gasteiger partial charge in [0.15, 0.2) is 0 Å². The minimum absolute atomic E-state index is 0.284. The Bertz CT molecular complexity index is 2990. The Morgan fingerprint density at radius 3 is 1.61 bits per heavy atom. The minimum Gasteiger partial charge on any atom is -0.320 e. The normalized spacial score (nSPS) is 12.4. The van der Waals surface area contributed by atoms with Gasteiger partial charge >= 0.3 is 0 Å². The molecule has 0 aliphatic rings. The Kier molecular flexibility index (Phi) is 7.75. The zero-order valence-electron chi connectivity index (χ0n) is 29.5. The maximum Gasteiger partial charge on any atom is 0.100 e. The van der Waals surface area contributed by atoms with Crippen LogP contribution in [0.2, 0.25) is 0 Å². The van der Waals surface area contributed by atoms with E-state index in [2.05, 4.69) is 167 Å². The summed E-state index contributed by atoms with van der Waals surface area (Å²) in [6.07, 6.45) is 1.95. The van der Waals surface area contributed by atoms with E-state index in [9.17, 15) is 0 Å². The summed E-state index contributed by atoms with van der Waals surface area (Å²) in [5, 5.41) is 4.83. The third-order valence-corrected chi connectivity index (χ3v) is 10.7. The number of para-hydroxylation sites is 3. The molecule has 0 aliphatic heterocycles. The zero-order valence-corrected chi connectivity index (χ0v) is 29.5. The smallest absolute Gasteiger partial charge is 0.100 e. The van der Waals surface area contributed by atoms with Crippen LogP contribution in [0.5, 0.6) is 0 Å². The highest BCUT2D eigenvalue weighted by atomic mass is 15.0. The van der Waals surface area contributed by atoms with Gasteiger partial charge in [-0.2, -0.15) is 0 Å². The van der Waals surface area contributed by atoms with E-state index in [1.54, 1.807) is 0 Å². The van der Waals surface area contributed by atoms with Crippen molar-refractivity contribution >= 4 is 55.6 Å². The zero-order chi connectivity index (χ0) is 36.0. The lowest BCUT2D eigenvalue weighted by atomic mass is 9.98. The molecule has 4 nitrogen and oxygen atoms in total. The second-order valence-electron chi connectivity index (χ2n) is 13.8. The summed E-state index contributed by atoms with van der Waals surface area (Å²) < 4.78 is 4.57. The van der Waals surface area contributed by atoms with Crippen molar-refractivity contribution in [1.29, 1.82) is 0 Å². The fourth-order valence-corrected chi connectivity index (χ4v) is 8.00. The van der Waals surface area contributed by atoms with Crippen LogP contribution >= 0.6 is 0 Å². The molecule has 4 heteroatoms. The van der Waals surface area contributed by atoms with Crippen molar-refractivity contribution < 1.29 is 0 Å². The molecule has 0 saturated heterocycles. The Labute approximate surface area is 313 Å². The van der Waals surface area contributed by atoms with E-state index in [1.807, 2.05) is 42.7 Å². The monoisotopic (exact) mass is 692 g/mol. The van der Waals surface area contributed by atoms with E-state index in [0.29, 0.717) is 0 Å². The second kappa shape index (κ2) is 13.2. The molecule has 8 aromatic carbocycles. The van der Waals surface area contributed by atoms with Crippen LogP contribution in [0.15, 0.2) is 199 Å². The number of hydrogen-bond acceptors (Lipinski definition) is 2. The van der Waals surface area contributed by atoms with Gasteiger partial charge in [-0.1, -0.05) is 133 Å². The number of aliphatic imine (C=N–C) groups is 1. The maximum absolute atomic E-state index is 6.81. The number of benzene rings is 8. The molecule has 2 heterocycles. The first-order valence-corrected chi connectivity index (χ1v) is 18.4. The van der Waals surface area contributed by atoms with Crippen LogP contribution in [-0.4, -0.2) is 15.5 Å². The SMILES string of the molecule is NC(c1ccccc1)c1ccccc1/N=C/n1c2ccc(-c3ccccc3)cc2c2cc(-c3ccc4c(c3)c3ccccc3n4-c3ccccc3)ccc21. The summed E-state index contributed by atoms with van der Waals surface area (Å²) in [5.41, 5.74) is 20.2. The van der Waals surface area contributed by atoms with Gasteiger partial charge in [0.25, 0.3) is 0 Å². The van der Waals surface area contributed by atoms with Crippen LogP contribution in [0.3, 0.4) is 0 Å². The molecule has 0 radical (unpaired) electrons. The van der Waals surface area contributed by atoms with Crippen LogP contribution in [0, 0.1) is 0 Å². The summed E-state index contributed by atoms with van der Waals surface area (Å²) in [6, 6.07) is 68.4. The molecule has 54 heavy (non-hydrogen) atoms. The molecule has 2 aromatic heterocycles. The molecular weight excluding hydrogens is 657 g/mol. The highest BCUT2D eigenvalue weighted by molar-refractivity contribution is 6.14. The number of rotatable bonds is 7. The third-order valence-electron chi connectivity index (χ3n) is 10.7. The van der Waals surface area contributed by atoms with Crippen LogP contribution < -0.4 is 5.73 Å². The molecule has 0 aliphatic carbocycles. The largest absolute Gasteiger partial charge is 0.320 e. The van der Waals surface area contributed by atoms with Crippen LogP contribution in [0.4, 0.5) is 5.69 Å². The van der Waals surface area contributed by atoms with Gasteiger partial charge in [-0.25, -0.2) is 4.99 Å². The fraction of sp³-hybridized carbons (Fsp3) is 0.0200. The minimum atomic E-state index is -0.284. The third kappa shape index (κ3) is 5.40. The number of hydrogen-bond donors (Lipinski definition) is 1. The van der Waals surface area contributed by atoms with Crippen molar-refractivity contribution in [1.82, 2.24) is 9.13 Å². The molecule has 0 amide bonds. The van der Waals surface area contributed by atoms with Crippen molar-refractivity contribution in [2.75, 3.05) is 0 Å². The summed E-state index contributed by atoms with van der Waals surface area (Å²) in [4.78, 5) is 5.10. The first-order valence-electron chi connectivity index (χ1n) is 18.4. The predicted molar refractivity (Wildman–Crippen MR) is 227 cm³/mol. The predicted octanol–water partition coefficient (Wildman–Crippen LogP) is 12.5. The first kappa shape index (κ1) is 31.7. The fourth-order valence-electron chi connectivity index (χ4n) is 8.00. The van der Waals surface area contributed by atoms with Gasteiger partial charge in [0.1, 0.15) is 6.34 Å². The van der Waals surface area contributed by atoms with Gasteiger partial charge < -0.3 is 10.3 Å². The van der Waals surface area contributed by atoms with Crippen molar-refractivity contribution in [2.24, 2.45) is 10.7 Å². The van der Waals surface area contributed by atoms with Gasteiger partial charge in [-0.15, -0.1) is 0 Å². The van der Waals surface area contributed by atoms with Crippen LogP contribution in [0.25, 0.3) is 71.6 Å². The lowest BCUT2D eigenvalue weighted by Gasteiger charge is -2.14. The molecular formula is C50H36N4. The van der Waals surface area contributed by atoms with Gasteiger partial charge in [0, 0.05) is 27.2 Å².